The molecule has 1 amide bonds. The molecule has 23 heavy (non-hydrogen) atoms. The quantitative estimate of drug-likeness (QED) is 0.867. The number of ether oxygens (including phenoxy) is 2. The normalized spacial score (nSPS) is 25.0. The molecule has 0 aromatic heterocycles. The summed E-state index contributed by atoms with van der Waals surface area (Å²) in [5.74, 6) is 0.983. The Morgan fingerprint density at radius 2 is 2.09 bits per heavy atom. The predicted molar refractivity (Wildman–Crippen MR) is 91.2 cm³/mol. The summed E-state index contributed by atoms with van der Waals surface area (Å²) in [5, 5.41) is 3.06. The van der Waals surface area contributed by atoms with Crippen molar-refractivity contribution >= 4 is 17.7 Å². The zero-order valence-corrected chi connectivity index (χ0v) is 14.0. The second-order valence-electron chi connectivity index (χ2n) is 6.04. The van der Waals surface area contributed by atoms with Crippen molar-refractivity contribution in [1.29, 1.82) is 0 Å². The molecule has 2 fully saturated rings. The number of rotatable bonds is 4. The van der Waals surface area contributed by atoms with Gasteiger partial charge in [-0.1, -0.05) is 30.3 Å². The lowest BCUT2D eigenvalue weighted by Gasteiger charge is -2.45. The summed E-state index contributed by atoms with van der Waals surface area (Å²) in [4.78, 5) is 12.5. The van der Waals surface area contributed by atoms with Crippen molar-refractivity contribution in [1.82, 2.24) is 5.32 Å². The summed E-state index contributed by atoms with van der Waals surface area (Å²) < 4.78 is 11.9. The number of carbonyl (C=O) groups is 1. The van der Waals surface area contributed by atoms with Crippen molar-refractivity contribution in [3.05, 3.63) is 35.9 Å². The van der Waals surface area contributed by atoms with Crippen LogP contribution in [0, 0.1) is 0 Å². The van der Waals surface area contributed by atoms with Crippen molar-refractivity contribution < 1.29 is 14.3 Å². The molecule has 1 spiro atoms. The van der Waals surface area contributed by atoms with Gasteiger partial charge in [-0.15, -0.1) is 0 Å². The van der Waals surface area contributed by atoms with Gasteiger partial charge >= 0.3 is 0 Å². The third-order valence-electron chi connectivity index (χ3n) is 4.34. The average molecular weight is 336 g/mol. The highest BCUT2D eigenvalue weighted by molar-refractivity contribution is 7.99. The van der Waals surface area contributed by atoms with E-state index in [2.05, 4.69) is 5.32 Å². The van der Waals surface area contributed by atoms with Gasteiger partial charge in [-0.2, -0.15) is 11.8 Å². The standard InChI is InChI=1S/C17H24N2O3S/c18-14(11-13-5-2-1-3-6-13)16(20)19-15-12-23-10-7-17(15)21-8-4-9-22-17/h1-3,5-6,14-15H,4,7-12,18H2,(H,19,20)/t14-,15-/m0/s1. The van der Waals surface area contributed by atoms with Gasteiger partial charge in [0, 0.05) is 12.2 Å². The summed E-state index contributed by atoms with van der Waals surface area (Å²) >= 11 is 1.81. The van der Waals surface area contributed by atoms with Gasteiger partial charge in [-0.25, -0.2) is 0 Å². The molecule has 2 saturated heterocycles. The van der Waals surface area contributed by atoms with E-state index in [1.165, 1.54) is 0 Å². The number of benzene rings is 1. The second kappa shape index (κ2) is 7.66. The van der Waals surface area contributed by atoms with Gasteiger partial charge in [-0.05, 0) is 24.2 Å². The lowest BCUT2D eigenvalue weighted by atomic mass is 10.0. The molecule has 6 heteroatoms. The molecule has 0 radical (unpaired) electrons. The molecule has 1 aromatic rings. The van der Waals surface area contributed by atoms with Gasteiger partial charge in [0.25, 0.3) is 0 Å². The van der Waals surface area contributed by atoms with E-state index in [0.717, 1.165) is 29.9 Å². The Kier molecular flexibility index (Phi) is 5.58. The van der Waals surface area contributed by atoms with Gasteiger partial charge in [0.05, 0.1) is 25.3 Å². The first kappa shape index (κ1) is 16.8. The molecule has 2 atom stereocenters. The van der Waals surface area contributed by atoms with Gasteiger partial charge in [-0.3, -0.25) is 4.79 Å². The largest absolute Gasteiger partial charge is 0.348 e. The maximum atomic E-state index is 12.5. The van der Waals surface area contributed by atoms with E-state index in [-0.39, 0.29) is 11.9 Å². The lowest BCUT2D eigenvalue weighted by Crippen LogP contribution is -2.62. The van der Waals surface area contributed by atoms with Crippen LogP contribution in [-0.4, -0.2) is 48.5 Å². The fraction of sp³-hybridized carbons (Fsp3) is 0.588. The monoisotopic (exact) mass is 336 g/mol. The Balaban J connectivity index is 1.61. The zero-order chi connectivity index (χ0) is 16.1. The van der Waals surface area contributed by atoms with Crippen LogP contribution in [0.4, 0.5) is 0 Å². The Hall–Kier alpha value is -1.08. The first-order chi connectivity index (χ1) is 11.2. The minimum atomic E-state index is -0.661. The molecule has 2 aliphatic rings. The van der Waals surface area contributed by atoms with Crippen molar-refractivity contribution in [2.45, 2.75) is 37.1 Å². The highest BCUT2D eigenvalue weighted by atomic mass is 32.2. The fourth-order valence-corrected chi connectivity index (χ4v) is 4.21. The number of hydrogen-bond acceptors (Lipinski definition) is 5. The molecular weight excluding hydrogens is 312 g/mol. The molecular formula is C17H24N2O3S. The SMILES string of the molecule is N[C@@H](Cc1ccccc1)C(=O)N[C@H]1CSCCC12OCCCO2. The van der Waals surface area contributed by atoms with Crippen molar-refractivity contribution in [3.8, 4) is 0 Å². The van der Waals surface area contributed by atoms with Crippen LogP contribution >= 0.6 is 11.8 Å². The number of nitrogens with one attached hydrogen (secondary N) is 1. The molecule has 1 aromatic carbocycles. The minimum absolute atomic E-state index is 0.140. The Bertz CT molecular complexity index is 512. The number of thioether (sulfide) groups is 1. The van der Waals surface area contributed by atoms with E-state index in [1.807, 2.05) is 42.1 Å². The topological polar surface area (TPSA) is 73.6 Å². The van der Waals surface area contributed by atoms with Crippen molar-refractivity contribution in [2.24, 2.45) is 5.73 Å². The minimum Gasteiger partial charge on any atom is -0.348 e. The van der Waals surface area contributed by atoms with E-state index >= 15 is 0 Å². The Morgan fingerprint density at radius 3 is 2.83 bits per heavy atom. The van der Waals surface area contributed by atoms with Crippen molar-refractivity contribution in [3.63, 3.8) is 0 Å². The molecule has 0 unspecified atom stereocenters. The summed E-state index contributed by atoms with van der Waals surface area (Å²) in [6.45, 7) is 1.38. The van der Waals surface area contributed by atoms with E-state index in [0.29, 0.717) is 19.6 Å². The molecule has 126 valence electrons. The van der Waals surface area contributed by atoms with Crippen LogP contribution in [0.2, 0.25) is 0 Å². The Morgan fingerprint density at radius 1 is 1.35 bits per heavy atom. The molecule has 2 heterocycles. The van der Waals surface area contributed by atoms with Crippen molar-refractivity contribution in [2.75, 3.05) is 24.7 Å². The third-order valence-corrected chi connectivity index (χ3v) is 5.41. The number of nitrogens with two attached hydrogens (primary N) is 1. The molecule has 2 aliphatic heterocycles. The number of amides is 1. The summed E-state index contributed by atoms with van der Waals surface area (Å²) in [7, 11) is 0. The Labute approximate surface area is 141 Å². The van der Waals surface area contributed by atoms with Gasteiger partial charge in [0.15, 0.2) is 5.79 Å². The summed E-state index contributed by atoms with van der Waals surface area (Å²) in [6, 6.07) is 9.13. The van der Waals surface area contributed by atoms with E-state index in [9.17, 15) is 4.79 Å². The first-order valence-corrected chi connectivity index (χ1v) is 9.31. The highest BCUT2D eigenvalue weighted by Crippen LogP contribution is 2.34. The maximum absolute atomic E-state index is 12.5. The van der Waals surface area contributed by atoms with Crippen LogP contribution in [0.15, 0.2) is 30.3 Å². The van der Waals surface area contributed by atoms with Crippen LogP contribution in [0.1, 0.15) is 18.4 Å². The highest BCUT2D eigenvalue weighted by Gasteiger charge is 2.46. The van der Waals surface area contributed by atoms with Crippen LogP contribution in [0.25, 0.3) is 0 Å². The lowest BCUT2D eigenvalue weighted by molar-refractivity contribution is -0.280. The van der Waals surface area contributed by atoms with Crippen LogP contribution in [0.5, 0.6) is 0 Å². The first-order valence-electron chi connectivity index (χ1n) is 8.15. The van der Waals surface area contributed by atoms with Crippen LogP contribution < -0.4 is 11.1 Å². The van der Waals surface area contributed by atoms with Gasteiger partial charge in [0.1, 0.15) is 0 Å². The zero-order valence-electron chi connectivity index (χ0n) is 13.2. The molecule has 5 nitrogen and oxygen atoms in total. The van der Waals surface area contributed by atoms with E-state index in [1.54, 1.807) is 0 Å². The smallest absolute Gasteiger partial charge is 0.237 e. The van der Waals surface area contributed by atoms with Gasteiger partial charge < -0.3 is 20.5 Å². The summed E-state index contributed by atoms with van der Waals surface area (Å²) in [5.41, 5.74) is 7.15. The second-order valence-corrected chi connectivity index (χ2v) is 7.19. The predicted octanol–water partition coefficient (Wildman–Crippen LogP) is 1.31. The third kappa shape index (κ3) is 4.07. The summed E-state index contributed by atoms with van der Waals surface area (Å²) in [6.07, 6.45) is 2.24. The molecule has 0 saturated carbocycles. The molecule has 0 aliphatic carbocycles. The van der Waals surface area contributed by atoms with E-state index in [4.69, 9.17) is 15.2 Å². The fourth-order valence-electron chi connectivity index (χ4n) is 3.04. The molecule has 3 N–H and O–H groups in total. The number of carbonyl (C=O) groups excluding carboxylic acids is 1. The van der Waals surface area contributed by atoms with E-state index < -0.39 is 11.8 Å². The number of hydrogen-bond donors (Lipinski definition) is 2. The maximum Gasteiger partial charge on any atom is 0.237 e. The van der Waals surface area contributed by atoms with Crippen LogP contribution in [-0.2, 0) is 20.7 Å². The average Bonchev–Trinajstić information content (AvgIpc) is 2.59. The van der Waals surface area contributed by atoms with Crippen LogP contribution in [0.3, 0.4) is 0 Å². The molecule has 0 bridgehead atoms. The molecule has 3 rings (SSSR count). The van der Waals surface area contributed by atoms with Gasteiger partial charge in [0.2, 0.25) is 5.91 Å².